The number of anilines is 1. The Balaban J connectivity index is 1.79. The number of aromatic nitrogens is 3. The fourth-order valence-corrected chi connectivity index (χ4v) is 3.03. The first-order valence-corrected chi connectivity index (χ1v) is 9.43. The zero-order valence-corrected chi connectivity index (χ0v) is 17.4. The monoisotopic (exact) mass is 431 g/mol. The SMILES string of the molecule is CNc1cc(Cn2cc(C(=O)NCc3c(F)ccc(OC)c3F)c(COC)n2)ccn1. The van der Waals surface area contributed by atoms with E-state index < -0.39 is 17.5 Å². The predicted molar refractivity (Wildman–Crippen MR) is 110 cm³/mol. The molecular weight excluding hydrogens is 408 g/mol. The molecule has 0 saturated heterocycles. The highest BCUT2D eigenvalue weighted by Crippen LogP contribution is 2.23. The molecule has 2 heterocycles. The van der Waals surface area contributed by atoms with Crippen molar-refractivity contribution in [3.05, 3.63) is 70.7 Å². The minimum atomic E-state index is -0.853. The van der Waals surface area contributed by atoms with Crippen molar-refractivity contribution in [1.82, 2.24) is 20.1 Å². The van der Waals surface area contributed by atoms with Gasteiger partial charge in [-0.25, -0.2) is 13.8 Å². The molecule has 10 heteroatoms. The molecule has 0 aliphatic rings. The third kappa shape index (κ3) is 5.15. The number of benzene rings is 1. The molecule has 0 saturated carbocycles. The number of hydrogen-bond acceptors (Lipinski definition) is 6. The lowest BCUT2D eigenvalue weighted by Gasteiger charge is -2.10. The molecule has 3 aromatic rings. The van der Waals surface area contributed by atoms with Crippen molar-refractivity contribution in [2.45, 2.75) is 19.7 Å². The van der Waals surface area contributed by atoms with E-state index in [2.05, 4.69) is 20.7 Å². The quantitative estimate of drug-likeness (QED) is 0.542. The van der Waals surface area contributed by atoms with E-state index in [1.807, 2.05) is 12.1 Å². The molecule has 0 fully saturated rings. The molecule has 0 bridgehead atoms. The molecule has 0 atom stereocenters. The molecule has 1 aromatic carbocycles. The van der Waals surface area contributed by atoms with Gasteiger partial charge in [-0.2, -0.15) is 5.10 Å². The number of amides is 1. The number of halogens is 2. The average molecular weight is 431 g/mol. The van der Waals surface area contributed by atoms with Gasteiger partial charge in [-0.05, 0) is 29.8 Å². The van der Waals surface area contributed by atoms with E-state index in [0.29, 0.717) is 18.1 Å². The molecule has 1 amide bonds. The van der Waals surface area contributed by atoms with Crippen LogP contribution in [0.1, 0.15) is 27.2 Å². The topological polar surface area (TPSA) is 90.3 Å². The first-order valence-electron chi connectivity index (χ1n) is 9.43. The minimum absolute atomic E-state index is 0.100. The van der Waals surface area contributed by atoms with Crippen LogP contribution in [0, 0.1) is 11.6 Å². The Morgan fingerprint density at radius 1 is 1.23 bits per heavy atom. The second-order valence-corrected chi connectivity index (χ2v) is 6.64. The van der Waals surface area contributed by atoms with Crippen LogP contribution < -0.4 is 15.4 Å². The number of ether oxygens (including phenoxy) is 2. The highest BCUT2D eigenvalue weighted by atomic mass is 19.1. The number of rotatable bonds is 9. The van der Waals surface area contributed by atoms with E-state index in [1.54, 1.807) is 24.1 Å². The Morgan fingerprint density at radius 2 is 2.03 bits per heavy atom. The van der Waals surface area contributed by atoms with Gasteiger partial charge < -0.3 is 20.1 Å². The molecule has 164 valence electrons. The highest BCUT2D eigenvalue weighted by molar-refractivity contribution is 5.95. The number of nitrogens with zero attached hydrogens (tertiary/aromatic N) is 3. The second-order valence-electron chi connectivity index (χ2n) is 6.64. The van der Waals surface area contributed by atoms with E-state index in [1.165, 1.54) is 20.3 Å². The van der Waals surface area contributed by atoms with Crippen LogP contribution in [0.15, 0.2) is 36.7 Å². The third-order valence-corrected chi connectivity index (χ3v) is 4.59. The zero-order valence-electron chi connectivity index (χ0n) is 17.4. The first-order chi connectivity index (χ1) is 15.0. The maximum absolute atomic E-state index is 14.3. The van der Waals surface area contributed by atoms with E-state index in [4.69, 9.17) is 9.47 Å². The summed E-state index contributed by atoms with van der Waals surface area (Å²) in [6.07, 6.45) is 3.24. The number of pyridine rings is 1. The molecule has 0 spiro atoms. The first kappa shape index (κ1) is 22.2. The van der Waals surface area contributed by atoms with Crippen LogP contribution in [-0.2, 0) is 24.4 Å². The molecule has 8 nitrogen and oxygen atoms in total. The summed E-state index contributed by atoms with van der Waals surface area (Å²) in [7, 11) is 4.54. The van der Waals surface area contributed by atoms with Crippen LogP contribution in [0.3, 0.4) is 0 Å². The van der Waals surface area contributed by atoms with E-state index in [0.717, 1.165) is 11.6 Å². The Kier molecular flexibility index (Phi) is 7.14. The highest BCUT2D eigenvalue weighted by Gasteiger charge is 2.19. The van der Waals surface area contributed by atoms with Crippen LogP contribution in [0.2, 0.25) is 0 Å². The Labute approximate surface area is 178 Å². The lowest BCUT2D eigenvalue weighted by atomic mass is 10.1. The largest absolute Gasteiger partial charge is 0.494 e. The fourth-order valence-electron chi connectivity index (χ4n) is 3.03. The van der Waals surface area contributed by atoms with Gasteiger partial charge >= 0.3 is 0 Å². The summed E-state index contributed by atoms with van der Waals surface area (Å²) in [5.74, 6) is -1.54. The van der Waals surface area contributed by atoms with Gasteiger partial charge in [0.2, 0.25) is 0 Å². The zero-order chi connectivity index (χ0) is 22.4. The van der Waals surface area contributed by atoms with Gasteiger partial charge in [0, 0.05) is 38.7 Å². The molecule has 3 rings (SSSR count). The standard InChI is InChI=1S/C21H23F2N5O3/c1-24-19-8-13(6-7-25-19)10-28-11-15(17(27-28)12-30-2)21(29)26-9-14-16(22)4-5-18(31-3)20(14)23/h4-8,11H,9-10,12H2,1-3H3,(H,24,25)(H,26,29). The molecule has 0 unspecified atom stereocenters. The summed E-state index contributed by atoms with van der Waals surface area (Å²) in [5.41, 5.74) is 1.31. The third-order valence-electron chi connectivity index (χ3n) is 4.59. The predicted octanol–water partition coefficient (Wildman–Crippen LogP) is 2.73. The number of carbonyl (C=O) groups is 1. The lowest BCUT2D eigenvalue weighted by Crippen LogP contribution is -2.25. The van der Waals surface area contributed by atoms with Gasteiger partial charge in [-0.15, -0.1) is 0 Å². The summed E-state index contributed by atoms with van der Waals surface area (Å²) >= 11 is 0. The van der Waals surface area contributed by atoms with Gasteiger partial charge in [0.05, 0.1) is 25.8 Å². The summed E-state index contributed by atoms with van der Waals surface area (Å²) in [6.45, 7) is 0.164. The van der Waals surface area contributed by atoms with Crippen molar-refractivity contribution in [3.8, 4) is 5.75 Å². The van der Waals surface area contributed by atoms with Gasteiger partial charge in [0.25, 0.3) is 5.91 Å². The van der Waals surface area contributed by atoms with Gasteiger partial charge in [-0.3, -0.25) is 9.48 Å². The molecule has 31 heavy (non-hydrogen) atoms. The Hall–Kier alpha value is -3.53. The summed E-state index contributed by atoms with van der Waals surface area (Å²) < 4.78 is 40.0. The molecule has 2 N–H and O–H groups in total. The van der Waals surface area contributed by atoms with Gasteiger partial charge in [-0.1, -0.05) is 0 Å². The average Bonchev–Trinajstić information content (AvgIpc) is 3.16. The molecule has 0 radical (unpaired) electrons. The second kappa shape index (κ2) is 9.98. The number of hydrogen-bond donors (Lipinski definition) is 2. The normalized spacial score (nSPS) is 10.7. The van der Waals surface area contributed by atoms with Crippen molar-refractivity contribution in [3.63, 3.8) is 0 Å². The van der Waals surface area contributed by atoms with Crippen molar-refractivity contribution in [1.29, 1.82) is 0 Å². The summed E-state index contributed by atoms with van der Waals surface area (Å²) in [4.78, 5) is 16.9. The Bertz CT molecular complexity index is 1070. The van der Waals surface area contributed by atoms with E-state index in [-0.39, 0.29) is 30.0 Å². The van der Waals surface area contributed by atoms with Crippen LogP contribution in [-0.4, -0.2) is 41.9 Å². The molecule has 0 aliphatic carbocycles. The van der Waals surface area contributed by atoms with Crippen LogP contribution in [0.25, 0.3) is 0 Å². The fraction of sp³-hybridized carbons (Fsp3) is 0.286. The maximum atomic E-state index is 14.3. The summed E-state index contributed by atoms with van der Waals surface area (Å²) in [5, 5.41) is 9.91. The number of nitrogens with one attached hydrogen (secondary N) is 2. The Morgan fingerprint density at radius 3 is 2.74 bits per heavy atom. The maximum Gasteiger partial charge on any atom is 0.255 e. The van der Waals surface area contributed by atoms with Gasteiger partial charge in [0.1, 0.15) is 17.3 Å². The smallest absolute Gasteiger partial charge is 0.255 e. The van der Waals surface area contributed by atoms with Crippen molar-refractivity contribution >= 4 is 11.7 Å². The van der Waals surface area contributed by atoms with Gasteiger partial charge in [0.15, 0.2) is 11.6 Å². The van der Waals surface area contributed by atoms with Crippen molar-refractivity contribution in [2.24, 2.45) is 0 Å². The molecule has 2 aromatic heterocycles. The van der Waals surface area contributed by atoms with Crippen LogP contribution in [0.5, 0.6) is 5.75 Å². The van der Waals surface area contributed by atoms with Crippen molar-refractivity contribution < 1.29 is 23.0 Å². The number of carbonyl (C=O) groups excluding carboxylic acids is 1. The van der Waals surface area contributed by atoms with Crippen LogP contribution in [0.4, 0.5) is 14.6 Å². The number of methoxy groups -OCH3 is 2. The van der Waals surface area contributed by atoms with Crippen LogP contribution >= 0.6 is 0 Å². The molecule has 0 aliphatic heterocycles. The summed E-state index contributed by atoms with van der Waals surface area (Å²) in [6, 6.07) is 5.99. The lowest BCUT2D eigenvalue weighted by molar-refractivity contribution is 0.0945. The van der Waals surface area contributed by atoms with Crippen molar-refractivity contribution in [2.75, 3.05) is 26.6 Å². The van der Waals surface area contributed by atoms with E-state index >= 15 is 0 Å². The molecular formula is C21H23F2N5O3. The van der Waals surface area contributed by atoms with E-state index in [9.17, 15) is 13.6 Å². The minimum Gasteiger partial charge on any atom is -0.494 e.